The molecule has 27 heavy (non-hydrogen) atoms. The molecule has 0 radical (unpaired) electrons. The number of rotatable bonds is 6. The summed E-state index contributed by atoms with van der Waals surface area (Å²) in [4.78, 5) is 16.7. The van der Waals surface area contributed by atoms with E-state index in [1.165, 1.54) is 28.7 Å². The van der Waals surface area contributed by atoms with Gasteiger partial charge in [0, 0.05) is 24.8 Å². The van der Waals surface area contributed by atoms with Crippen LogP contribution in [0.2, 0.25) is 0 Å². The van der Waals surface area contributed by atoms with Crippen LogP contribution < -0.4 is 5.32 Å². The summed E-state index contributed by atoms with van der Waals surface area (Å²) in [6.07, 6.45) is 6.55. The van der Waals surface area contributed by atoms with E-state index in [1.54, 1.807) is 19.2 Å². The fourth-order valence-corrected chi connectivity index (χ4v) is 5.25. The number of carbonyl (C=O) groups is 1. The van der Waals surface area contributed by atoms with Crippen molar-refractivity contribution in [2.75, 3.05) is 7.05 Å². The van der Waals surface area contributed by atoms with Crippen molar-refractivity contribution in [2.45, 2.75) is 86.6 Å². The highest BCUT2D eigenvalue weighted by Gasteiger charge is 2.29. The molecule has 1 heterocycles. The van der Waals surface area contributed by atoms with Gasteiger partial charge in [0.1, 0.15) is 4.90 Å². The Hall–Kier alpha value is -1.12. The highest BCUT2D eigenvalue weighted by atomic mass is 32.2. The van der Waals surface area contributed by atoms with Crippen molar-refractivity contribution in [1.82, 2.24) is 14.6 Å². The molecule has 0 spiro atoms. The van der Waals surface area contributed by atoms with E-state index in [-0.39, 0.29) is 27.6 Å². The molecule has 0 aromatic carbocycles. The van der Waals surface area contributed by atoms with Crippen LogP contribution in [0.1, 0.15) is 59.8 Å². The summed E-state index contributed by atoms with van der Waals surface area (Å²) in [6, 6.07) is 3.32. The third-order valence-corrected chi connectivity index (χ3v) is 7.58. The van der Waals surface area contributed by atoms with E-state index < -0.39 is 10.0 Å². The van der Waals surface area contributed by atoms with Crippen LogP contribution in [-0.2, 0) is 14.8 Å². The van der Waals surface area contributed by atoms with E-state index in [1.807, 2.05) is 27.7 Å². The summed E-state index contributed by atoms with van der Waals surface area (Å²) >= 11 is 1.32. The van der Waals surface area contributed by atoms with Crippen molar-refractivity contribution in [3.05, 3.63) is 18.3 Å². The maximum atomic E-state index is 12.8. The Morgan fingerprint density at radius 1 is 1.26 bits per heavy atom. The van der Waals surface area contributed by atoms with Crippen LogP contribution in [0.3, 0.4) is 0 Å². The van der Waals surface area contributed by atoms with Crippen molar-refractivity contribution in [1.29, 1.82) is 0 Å². The Morgan fingerprint density at radius 2 is 1.89 bits per heavy atom. The van der Waals surface area contributed by atoms with E-state index in [0.717, 1.165) is 25.7 Å². The zero-order valence-electron chi connectivity index (χ0n) is 16.9. The SMILES string of the molecule is C[C@H](Sc1ccc(S(=O)(=O)N(C)C2CCCCC2)cn1)C(=O)NC(C)(C)C. The molecule has 2 rings (SSSR count). The van der Waals surface area contributed by atoms with E-state index in [9.17, 15) is 13.2 Å². The van der Waals surface area contributed by atoms with Crippen LogP contribution in [0, 0.1) is 0 Å². The molecule has 0 saturated heterocycles. The predicted molar refractivity (Wildman–Crippen MR) is 109 cm³/mol. The standard InChI is InChI=1S/C19H31N3O3S2/c1-14(18(23)21-19(2,3)4)26-17-12-11-16(13-20-17)27(24,25)22(5)15-9-7-6-8-10-15/h11-15H,6-10H2,1-5H3,(H,21,23)/t14-/m0/s1. The van der Waals surface area contributed by atoms with Crippen molar-refractivity contribution < 1.29 is 13.2 Å². The number of nitrogens with one attached hydrogen (secondary N) is 1. The molecule has 6 nitrogen and oxygen atoms in total. The Morgan fingerprint density at radius 3 is 2.41 bits per heavy atom. The number of sulfonamides is 1. The molecule has 1 fully saturated rings. The smallest absolute Gasteiger partial charge is 0.244 e. The number of carbonyl (C=O) groups excluding carboxylic acids is 1. The van der Waals surface area contributed by atoms with Crippen molar-refractivity contribution in [3.8, 4) is 0 Å². The first-order valence-corrected chi connectivity index (χ1v) is 11.8. The molecule has 1 aromatic rings. The normalized spacial score (nSPS) is 17.7. The molecule has 1 N–H and O–H groups in total. The molecular formula is C19H31N3O3S2. The van der Waals surface area contributed by atoms with Gasteiger partial charge in [0.15, 0.2) is 0 Å². The molecule has 152 valence electrons. The van der Waals surface area contributed by atoms with Crippen molar-refractivity contribution in [3.63, 3.8) is 0 Å². The summed E-state index contributed by atoms with van der Waals surface area (Å²) < 4.78 is 27.2. The van der Waals surface area contributed by atoms with Gasteiger partial charge in [-0.2, -0.15) is 4.31 Å². The van der Waals surface area contributed by atoms with Crippen LogP contribution in [0.15, 0.2) is 28.3 Å². The maximum Gasteiger partial charge on any atom is 0.244 e. The molecule has 1 saturated carbocycles. The Kier molecular flexibility index (Phi) is 7.33. The van der Waals surface area contributed by atoms with Gasteiger partial charge < -0.3 is 5.32 Å². The monoisotopic (exact) mass is 413 g/mol. The fourth-order valence-electron chi connectivity index (χ4n) is 3.10. The van der Waals surface area contributed by atoms with E-state index in [0.29, 0.717) is 5.03 Å². The zero-order valence-corrected chi connectivity index (χ0v) is 18.5. The lowest BCUT2D eigenvalue weighted by molar-refractivity contribution is -0.121. The quantitative estimate of drug-likeness (QED) is 0.723. The summed E-state index contributed by atoms with van der Waals surface area (Å²) in [5.74, 6) is -0.0666. The van der Waals surface area contributed by atoms with Gasteiger partial charge in [-0.3, -0.25) is 4.79 Å². The average Bonchev–Trinajstić information content (AvgIpc) is 2.60. The van der Waals surface area contributed by atoms with Crippen LogP contribution in [0.4, 0.5) is 0 Å². The van der Waals surface area contributed by atoms with Gasteiger partial charge in [0.05, 0.1) is 10.3 Å². The molecule has 0 unspecified atom stereocenters. The van der Waals surface area contributed by atoms with Gasteiger partial charge in [-0.25, -0.2) is 13.4 Å². The molecule has 0 bridgehead atoms. The van der Waals surface area contributed by atoms with Gasteiger partial charge >= 0.3 is 0 Å². The molecule has 1 atom stereocenters. The number of hydrogen-bond donors (Lipinski definition) is 1. The Balaban J connectivity index is 2.04. The van der Waals surface area contributed by atoms with Crippen molar-refractivity contribution >= 4 is 27.7 Å². The first-order chi connectivity index (χ1) is 12.5. The third-order valence-electron chi connectivity index (χ3n) is 4.64. The van der Waals surface area contributed by atoms with Gasteiger partial charge in [-0.1, -0.05) is 31.0 Å². The summed E-state index contributed by atoms with van der Waals surface area (Å²) in [5, 5.41) is 3.25. The number of pyridine rings is 1. The topological polar surface area (TPSA) is 79.4 Å². The molecule has 8 heteroatoms. The lowest BCUT2D eigenvalue weighted by Crippen LogP contribution is -2.44. The minimum atomic E-state index is -3.54. The second-order valence-electron chi connectivity index (χ2n) is 8.14. The van der Waals surface area contributed by atoms with Crippen LogP contribution in [0.25, 0.3) is 0 Å². The van der Waals surface area contributed by atoms with Gasteiger partial charge in [0.25, 0.3) is 0 Å². The highest BCUT2D eigenvalue weighted by molar-refractivity contribution is 8.00. The number of aromatic nitrogens is 1. The second kappa shape index (κ2) is 8.92. The number of hydrogen-bond acceptors (Lipinski definition) is 5. The van der Waals surface area contributed by atoms with Crippen LogP contribution in [-0.4, -0.2) is 47.5 Å². The zero-order chi connectivity index (χ0) is 20.2. The van der Waals surface area contributed by atoms with Gasteiger partial charge in [-0.05, 0) is 52.7 Å². The van der Waals surface area contributed by atoms with E-state index in [4.69, 9.17) is 0 Å². The number of amides is 1. The number of thioether (sulfide) groups is 1. The van der Waals surface area contributed by atoms with Gasteiger partial charge in [-0.15, -0.1) is 0 Å². The highest BCUT2D eigenvalue weighted by Crippen LogP contribution is 2.27. The summed E-state index contributed by atoms with van der Waals surface area (Å²) in [5.41, 5.74) is -0.291. The molecule has 1 aliphatic rings. The van der Waals surface area contributed by atoms with Crippen LogP contribution in [0.5, 0.6) is 0 Å². The minimum absolute atomic E-state index is 0.0666. The molecular weight excluding hydrogens is 382 g/mol. The molecule has 0 aliphatic heterocycles. The molecule has 1 aliphatic carbocycles. The second-order valence-corrected chi connectivity index (χ2v) is 11.5. The minimum Gasteiger partial charge on any atom is -0.351 e. The summed E-state index contributed by atoms with van der Waals surface area (Å²) in [6.45, 7) is 7.62. The molecule has 1 amide bonds. The fraction of sp³-hybridized carbons (Fsp3) is 0.684. The lowest BCUT2D eigenvalue weighted by atomic mass is 9.96. The van der Waals surface area contributed by atoms with Crippen molar-refractivity contribution in [2.24, 2.45) is 0 Å². The van der Waals surface area contributed by atoms with E-state index in [2.05, 4.69) is 10.3 Å². The third kappa shape index (κ3) is 6.19. The lowest BCUT2D eigenvalue weighted by Gasteiger charge is -2.30. The number of nitrogens with zero attached hydrogens (tertiary/aromatic N) is 2. The molecule has 1 aromatic heterocycles. The Bertz CT molecular complexity index is 736. The van der Waals surface area contributed by atoms with Crippen LogP contribution >= 0.6 is 11.8 Å². The first kappa shape index (κ1) is 22.2. The Labute approximate surface area is 167 Å². The predicted octanol–water partition coefficient (Wildman–Crippen LogP) is 3.43. The van der Waals surface area contributed by atoms with E-state index >= 15 is 0 Å². The summed E-state index contributed by atoms with van der Waals surface area (Å²) in [7, 11) is -1.88. The largest absolute Gasteiger partial charge is 0.351 e. The maximum absolute atomic E-state index is 12.8. The van der Waals surface area contributed by atoms with Gasteiger partial charge in [0.2, 0.25) is 15.9 Å². The first-order valence-electron chi connectivity index (χ1n) is 9.43. The average molecular weight is 414 g/mol.